The molecule has 1 fully saturated rings. The van der Waals surface area contributed by atoms with Gasteiger partial charge in [0.05, 0.1) is 0 Å². The summed E-state index contributed by atoms with van der Waals surface area (Å²) in [5.41, 5.74) is 1.25. The van der Waals surface area contributed by atoms with Crippen LogP contribution in [0.25, 0.3) is 0 Å². The number of halogens is 1. The lowest BCUT2D eigenvalue weighted by atomic mass is 9.92. The minimum Gasteiger partial charge on any atom is -0.486 e. The average Bonchev–Trinajstić information content (AvgIpc) is 2.57. The van der Waals surface area contributed by atoms with Crippen molar-refractivity contribution in [3.8, 4) is 11.5 Å². The zero-order chi connectivity index (χ0) is 16.9. The van der Waals surface area contributed by atoms with E-state index in [1.807, 2.05) is 13.1 Å². The van der Waals surface area contributed by atoms with Crippen LogP contribution in [0.2, 0.25) is 0 Å². The van der Waals surface area contributed by atoms with Crippen LogP contribution >= 0.6 is 24.0 Å². The number of benzene rings is 1. The largest absolute Gasteiger partial charge is 0.486 e. The predicted octanol–water partition coefficient (Wildman–Crippen LogP) is 3.17. The highest BCUT2D eigenvalue weighted by molar-refractivity contribution is 14.0. The normalized spacial score (nSPS) is 23.0. The molecule has 3 rings (SSSR count). The molecule has 0 spiro atoms. The van der Waals surface area contributed by atoms with E-state index < -0.39 is 0 Å². The minimum atomic E-state index is 0. The van der Waals surface area contributed by atoms with Crippen LogP contribution in [0.5, 0.6) is 11.5 Å². The van der Waals surface area contributed by atoms with Crippen molar-refractivity contribution < 1.29 is 9.47 Å². The van der Waals surface area contributed by atoms with E-state index in [4.69, 9.17) is 9.47 Å². The van der Waals surface area contributed by atoms with Gasteiger partial charge in [-0.2, -0.15) is 0 Å². The van der Waals surface area contributed by atoms with E-state index in [9.17, 15) is 0 Å². The molecule has 2 heterocycles. The molecule has 5 nitrogen and oxygen atoms in total. The Morgan fingerprint density at radius 1 is 1.16 bits per heavy atom. The van der Waals surface area contributed by atoms with E-state index in [1.54, 1.807) is 0 Å². The standard InChI is InChI=1S/C19H29N3O2.HI/c1-14-10-15(2)13-22(12-14)19(20-3)21-7-6-16-4-5-17-18(11-16)24-9-8-23-17;/h4-5,11,14-15H,6-10,12-13H2,1-3H3,(H,20,21);1H. The molecule has 140 valence electrons. The Bertz CT molecular complexity index is 584. The van der Waals surface area contributed by atoms with Crippen molar-refractivity contribution in [2.45, 2.75) is 26.7 Å². The summed E-state index contributed by atoms with van der Waals surface area (Å²) >= 11 is 0. The average molecular weight is 459 g/mol. The maximum absolute atomic E-state index is 5.65. The molecule has 0 bridgehead atoms. The molecule has 6 heteroatoms. The molecule has 0 saturated carbocycles. The van der Waals surface area contributed by atoms with Crippen LogP contribution in [0.1, 0.15) is 25.8 Å². The fraction of sp³-hybridized carbons (Fsp3) is 0.632. The number of nitrogens with one attached hydrogen (secondary N) is 1. The molecule has 1 N–H and O–H groups in total. The third-order valence-corrected chi connectivity index (χ3v) is 4.68. The first-order valence-corrected chi connectivity index (χ1v) is 9.00. The van der Waals surface area contributed by atoms with Gasteiger partial charge in [-0.3, -0.25) is 4.99 Å². The molecule has 1 aromatic rings. The van der Waals surface area contributed by atoms with E-state index in [-0.39, 0.29) is 24.0 Å². The Hall–Kier alpha value is -1.18. The topological polar surface area (TPSA) is 46.1 Å². The molecule has 2 aliphatic rings. The first kappa shape index (κ1) is 20.1. The number of aliphatic imine (C=N–C) groups is 1. The van der Waals surface area contributed by atoms with E-state index in [1.165, 1.54) is 12.0 Å². The fourth-order valence-corrected chi connectivity index (χ4v) is 3.73. The first-order valence-electron chi connectivity index (χ1n) is 9.00. The van der Waals surface area contributed by atoms with Crippen LogP contribution in [0.3, 0.4) is 0 Å². The second kappa shape index (κ2) is 9.50. The van der Waals surface area contributed by atoms with E-state index in [0.29, 0.717) is 13.2 Å². The van der Waals surface area contributed by atoms with Crippen molar-refractivity contribution in [2.75, 3.05) is 39.9 Å². The van der Waals surface area contributed by atoms with Gasteiger partial charge in [-0.05, 0) is 42.4 Å². The molecular weight excluding hydrogens is 429 g/mol. The van der Waals surface area contributed by atoms with Crippen molar-refractivity contribution in [3.05, 3.63) is 23.8 Å². The SMILES string of the molecule is CN=C(NCCc1ccc2c(c1)OCCO2)N1CC(C)CC(C)C1.I. The molecule has 1 aromatic carbocycles. The fourth-order valence-electron chi connectivity index (χ4n) is 3.73. The van der Waals surface area contributed by atoms with Gasteiger partial charge in [0.25, 0.3) is 0 Å². The monoisotopic (exact) mass is 459 g/mol. The van der Waals surface area contributed by atoms with Crippen molar-refractivity contribution in [1.29, 1.82) is 0 Å². The quantitative estimate of drug-likeness (QED) is 0.429. The summed E-state index contributed by atoms with van der Waals surface area (Å²) < 4.78 is 11.2. The Morgan fingerprint density at radius 2 is 1.84 bits per heavy atom. The smallest absolute Gasteiger partial charge is 0.193 e. The molecule has 2 atom stereocenters. The first-order chi connectivity index (χ1) is 11.7. The second-order valence-corrected chi connectivity index (χ2v) is 7.05. The summed E-state index contributed by atoms with van der Waals surface area (Å²) in [5.74, 6) is 4.19. The van der Waals surface area contributed by atoms with Gasteiger partial charge in [0.2, 0.25) is 0 Å². The minimum absolute atomic E-state index is 0. The molecular formula is C19H30IN3O2. The Morgan fingerprint density at radius 3 is 2.52 bits per heavy atom. The Balaban J connectivity index is 0.00000225. The number of hydrogen-bond donors (Lipinski definition) is 1. The molecule has 2 unspecified atom stereocenters. The van der Waals surface area contributed by atoms with Crippen molar-refractivity contribution in [2.24, 2.45) is 16.8 Å². The lowest BCUT2D eigenvalue weighted by Crippen LogP contribution is -2.48. The van der Waals surface area contributed by atoms with Crippen LogP contribution in [0.4, 0.5) is 0 Å². The molecule has 0 radical (unpaired) electrons. The maximum Gasteiger partial charge on any atom is 0.193 e. The van der Waals surface area contributed by atoms with Gasteiger partial charge in [-0.15, -0.1) is 24.0 Å². The summed E-state index contributed by atoms with van der Waals surface area (Å²) in [5, 5.41) is 3.51. The summed E-state index contributed by atoms with van der Waals surface area (Å²) in [7, 11) is 1.87. The molecule has 0 aromatic heterocycles. The second-order valence-electron chi connectivity index (χ2n) is 7.05. The van der Waals surface area contributed by atoms with Crippen LogP contribution in [-0.2, 0) is 6.42 Å². The number of likely N-dealkylation sites (tertiary alicyclic amines) is 1. The van der Waals surface area contributed by atoms with E-state index in [2.05, 4.69) is 41.2 Å². The van der Waals surface area contributed by atoms with Gasteiger partial charge < -0.3 is 19.7 Å². The van der Waals surface area contributed by atoms with Gasteiger partial charge in [0.15, 0.2) is 17.5 Å². The van der Waals surface area contributed by atoms with E-state index >= 15 is 0 Å². The Kier molecular flexibility index (Phi) is 7.65. The summed E-state index contributed by atoms with van der Waals surface area (Å²) in [6, 6.07) is 6.21. The third-order valence-electron chi connectivity index (χ3n) is 4.68. The van der Waals surface area contributed by atoms with Gasteiger partial charge in [0.1, 0.15) is 13.2 Å². The lowest BCUT2D eigenvalue weighted by Gasteiger charge is -2.37. The number of nitrogens with zero attached hydrogens (tertiary/aromatic N) is 2. The number of piperidine rings is 1. The van der Waals surface area contributed by atoms with Crippen LogP contribution in [0, 0.1) is 11.8 Å². The van der Waals surface area contributed by atoms with Crippen molar-refractivity contribution >= 4 is 29.9 Å². The van der Waals surface area contributed by atoms with Crippen molar-refractivity contribution in [3.63, 3.8) is 0 Å². The predicted molar refractivity (Wildman–Crippen MR) is 112 cm³/mol. The zero-order valence-corrected chi connectivity index (χ0v) is 17.8. The summed E-state index contributed by atoms with van der Waals surface area (Å²) in [4.78, 5) is 6.86. The number of fused-ring (bicyclic) bond motifs is 1. The number of ether oxygens (including phenoxy) is 2. The highest BCUT2D eigenvalue weighted by Gasteiger charge is 2.23. The van der Waals surface area contributed by atoms with Crippen LogP contribution in [0.15, 0.2) is 23.2 Å². The molecule has 1 saturated heterocycles. The van der Waals surface area contributed by atoms with Gasteiger partial charge in [-0.25, -0.2) is 0 Å². The molecule has 0 amide bonds. The Labute approximate surface area is 168 Å². The molecule has 25 heavy (non-hydrogen) atoms. The third kappa shape index (κ3) is 5.39. The lowest BCUT2D eigenvalue weighted by molar-refractivity contribution is 0.171. The highest BCUT2D eigenvalue weighted by Crippen LogP contribution is 2.30. The number of hydrogen-bond acceptors (Lipinski definition) is 3. The number of guanidine groups is 1. The highest BCUT2D eigenvalue weighted by atomic mass is 127. The van der Waals surface area contributed by atoms with Crippen LogP contribution < -0.4 is 14.8 Å². The summed E-state index contributed by atoms with van der Waals surface area (Å²) in [6.45, 7) is 8.97. The van der Waals surface area contributed by atoms with Crippen molar-refractivity contribution in [1.82, 2.24) is 10.2 Å². The van der Waals surface area contributed by atoms with Crippen LogP contribution in [-0.4, -0.2) is 50.8 Å². The van der Waals surface area contributed by atoms with Gasteiger partial charge in [-0.1, -0.05) is 19.9 Å². The number of rotatable bonds is 3. The van der Waals surface area contributed by atoms with E-state index in [0.717, 1.165) is 55.3 Å². The molecule has 2 aliphatic heterocycles. The van der Waals surface area contributed by atoms with Gasteiger partial charge in [0, 0.05) is 26.7 Å². The molecule has 0 aliphatic carbocycles. The maximum atomic E-state index is 5.65. The summed E-state index contributed by atoms with van der Waals surface area (Å²) in [6.07, 6.45) is 2.25. The zero-order valence-electron chi connectivity index (χ0n) is 15.5. The van der Waals surface area contributed by atoms with Gasteiger partial charge >= 0.3 is 0 Å².